The molecule has 4 nitrogen and oxygen atoms in total. The predicted octanol–water partition coefficient (Wildman–Crippen LogP) is 3.83. The van der Waals surface area contributed by atoms with Crippen LogP contribution in [0.1, 0.15) is 10.9 Å². The summed E-state index contributed by atoms with van der Waals surface area (Å²) in [6, 6.07) is 11.1. The van der Waals surface area contributed by atoms with E-state index in [9.17, 15) is 4.79 Å². The van der Waals surface area contributed by atoms with E-state index in [4.69, 9.17) is 11.6 Å². The summed E-state index contributed by atoms with van der Waals surface area (Å²) >= 11 is 7.57. The highest BCUT2D eigenvalue weighted by Crippen LogP contribution is 2.22. The number of rotatable bonds is 5. The van der Waals surface area contributed by atoms with E-state index < -0.39 is 0 Å². The van der Waals surface area contributed by atoms with Gasteiger partial charge in [-0.3, -0.25) is 0 Å². The van der Waals surface area contributed by atoms with E-state index >= 15 is 0 Å². The number of urea groups is 1. The molecule has 2 amide bonds. The third kappa shape index (κ3) is 4.74. The minimum absolute atomic E-state index is 0.162. The zero-order valence-electron chi connectivity index (χ0n) is 12.0. The van der Waals surface area contributed by atoms with Crippen LogP contribution in [-0.4, -0.2) is 31.6 Å². The van der Waals surface area contributed by atoms with Crippen molar-refractivity contribution in [3.8, 4) is 0 Å². The molecule has 1 aromatic carbocycles. The van der Waals surface area contributed by atoms with Gasteiger partial charge in [0.25, 0.3) is 0 Å². The van der Waals surface area contributed by atoms with Crippen LogP contribution in [0.15, 0.2) is 41.8 Å². The molecule has 112 valence electrons. The van der Waals surface area contributed by atoms with Crippen LogP contribution in [0.2, 0.25) is 5.02 Å². The smallest absolute Gasteiger partial charge is 0.319 e. The second-order valence-electron chi connectivity index (χ2n) is 4.84. The molecule has 0 aliphatic heterocycles. The van der Waals surface area contributed by atoms with Crippen molar-refractivity contribution in [1.29, 1.82) is 0 Å². The van der Waals surface area contributed by atoms with Gasteiger partial charge in [0.2, 0.25) is 0 Å². The summed E-state index contributed by atoms with van der Waals surface area (Å²) < 4.78 is 0. The first-order valence-electron chi connectivity index (χ1n) is 6.56. The Balaban J connectivity index is 1.90. The third-order valence-electron chi connectivity index (χ3n) is 3.03. The zero-order chi connectivity index (χ0) is 15.2. The Kier molecular flexibility index (Phi) is 5.61. The van der Waals surface area contributed by atoms with E-state index in [0.29, 0.717) is 17.3 Å². The molecule has 0 saturated heterocycles. The summed E-state index contributed by atoms with van der Waals surface area (Å²) in [7, 11) is 4.00. The highest BCUT2D eigenvalue weighted by molar-refractivity contribution is 7.10. The first kappa shape index (κ1) is 15.8. The number of carbonyl (C=O) groups excluding carboxylic acids is 1. The Hall–Kier alpha value is -1.56. The summed E-state index contributed by atoms with van der Waals surface area (Å²) in [5, 5.41) is 8.30. The fourth-order valence-corrected chi connectivity index (χ4v) is 3.06. The predicted molar refractivity (Wildman–Crippen MR) is 89.2 cm³/mol. The number of hydrogen-bond donors (Lipinski definition) is 2. The van der Waals surface area contributed by atoms with E-state index in [-0.39, 0.29) is 12.1 Å². The Morgan fingerprint density at radius 2 is 2.14 bits per heavy atom. The molecule has 1 heterocycles. The van der Waals surface area contributed by atoms with E-state index in [1.807, 2.05) is 25.5 Å². The lowest BCUT2D eigenvalue weighted by molar-refractivity contribution is 0.244. The van der Waals surface area contributed by atoms with Crippen LogP contribution in [-0.2, 0) is 0 Å². The number of amides is 2. The minimum atomic E-state index is -0.235. The molecule has 0 bridgehead atoms. The second kappa shape index (κ2) is 7.45. The molecule has 1 atom stereocenters. The number of hydrogen-bond acceptors (Lipinski definition) is 3. The van der Waals surface area contributed by atoms with Gasteiger partial charge in [-0.1, -0.05) is 23.7 Å². The van der Waals surface area contributed by atoms with Crippen LogP contribution in [0.5, 0.6) is 0 Å². The second-order valence-corrected chi connectivity index (χ2v) is 6.26. The minimum Gasteiger partial charge on any atom is -0.336 e. The topological polar surface area (TPSA) is 44.4 Å². The molecule has 0 radical (unpaired) electrons. The quantitative estimate of drug-likeness (QED) is 0.878. The summed E-state index contributed by atoms with van der Waals surface area (Å²) in [5.74, 6) is 0. The molecule has 2 aromatic rings. The van der Waals surface area contributed by atoms with Gasteiger partial charge in [0.05, 0.1) is 6.04 Å². The van der Waals surface area contributed by atoms with Crippen LogP contribution in [0.25, 0.3) is 0 Å². The molecule has 0 aliphatic rings. The zero-order valence-corrected chi connectivity index (χ0v) is 13.5. The average Bonchev–Trinajstić information content (AvgIpc) is 2.92. The standard InChI is InChI=1S/C15H18ClN3OS/c1-19(2)13(14-7-4-8-21-14)10-17-15(20)18-12-6-3-5-11(16)9-12/h3-9,13H,10H2,1-2H3,(H2,17,18,20)/t13-/m0/s1. The Morgan fingerprint density at radius 1 is 1.33 bits per heavy atom. The molecule has 0 saturated carbocycles. The van der Waals surface area contributed by atoms with Gasteiger partial charge in [-0.2, -0.15) is 0 Å². The highest BCUT2D eigenvalue weighted by Gasteiger charge is 2.16. The summed E-state index contributed by atoms with van der Waals surface area (Å²) in [5.41, 5.74) is 0.678. The lowest BCUT2D eigenvalue weighted by Crippen LogP contribution is -2.36. The summed E-state index contributed by atoms with van der Waals surface area (Å²) in [6.45, 7) is 0.542. The maximum Gasteiger partial charge on any atom is 0.319 e. The van der Waals surface area contributed by atoms with Gasteiger partial charge in [0.1, 0.15) is 0 Å². The number of nitrogens with one attached hydrogen (secondary N) is 2. The van der Waals surface area contributed by atoms with Crippen molar-refractivity contribution in [3.05, 3.63) is 51.7 Å². The third-order valence-corrected chi connectivity index (χ3v) is 4.24. The maximum atomic E-state index is 11.9. The van der Waals surface area contributed by atoms with Crippen LogP contribution in [0.3, 0.4) is 0 Å². The summed E-state index contributed by atoms with van der Waals surface area (Å²) in [6.07, 6.45) is 0. The lowest BCUT2D eigenvalue weighted by atomic mass is 10.2. The largest absolute Gasteiger partial charge is 0.336 e. The van der Waals surface area contributed by atoms with Crippen molar-refractivity contribution in [1.82, 2.24) is 10.2 Å². The van der Waals surface area contributed by atoms with Crippen LogP contribution < -0.4 is 10.6 Å². The van der Waals surface area contributed by atoms with Crippen molar-refractivity contribution in [2.75, 3.05) is 26.0 Å². The molecule has 2 rings (SSSR count). The van der Waals surface area contributed by atoms with Crippen molar-refractivity contribution < 1.29 is 4.79 Å². The Labute approximate surface area is 133 Å². The van der Waals surface area contributed by atoms with Crippen LogP contribution >= 0.6 is 22.9 Å². The first-order valence-corrected chi connectivity index (χ1v) is 7.82. The van der Waals surface area contributed by atoms with E-state index in [1.165, 1.54) is 4.88 Å². The number of anilines is 1. The number of likely N-dealkylation sites (N-methyl/N-ethyl adjacent to an activating group) is 1. The van der Waals surface area contributed by atoms with Gasteiger partial charge in [-0.05, 0) is 43.7 Å². The Bertz CT molecular complexity index is 586. The van der Waals surface area contributed by atoms with E-state index in [0.717, 1.165) is 0 Å². The molecule has 0 fully saturated rings. The lowest BCUT2D eigenvalue weighted by Gasteiger charge is -2.23. The molecule has 0 unspecified atom stereocenters. The van der Waals surface area contributed by atoms with Gasteiger partial charge < -0.3 is 15.5 Å². The molecule has 0 spiro atoms. The number of thiophene rings is 1. The van der Waals surface area contributed by atoms with Gasteiger partial charge in [0.15, 0.2) is 0 Å². The van der Waals surface area contributed by atoms with Crippen molar-refractivity contribution in [2.24, 2.45) is 0 Å². The fraction of sp³-hybridized carbons (Fsp3) is 0.267. The van der Waals surface area contributed by atoms with Crippen molar-refractivity contribution >= 4 is 34.7 Å². The molecule has 6 heteroatoms. The maximum absolute atomic E-state index is 11.9. The number of halogens is 1. The van der Waals surface area contributed by atoms with E-state index in [1.54, 1.807) is 35.6 Å². The van der Waals surface area contributed by atoms with Crippen molar-refractivity contribution in [3.63, 3.8) is 0 Å². The van der Waals surface area contributed by atoms with Crippen LogP contribution in [0, 0.1) is 0 Å². The monoisotopic (exact) mass is 323 g/mol. The van der Waals surface area contributed by atoms with Crippen molar-refractivity contribution in [2.45, 2.75) is 6.04 Å². The average molecular weight is 324 g/mol. The molecular weight excluding hydrogens is 306 g/mol. The highest BCUT2D eigenvalue weighted by atomic mass is 35.5. The molecular formula is C15H18ClN3OS. The SMILES string of the molecule is CN(C)[C@@H](CNC(=O)Nc1cccc(Cl)c1)c1cccs1. The first-order chi connectivity index (χ1) is 10.1. The van der Waals surface area contributed by atoms with Gasteiger partial charge >= 0.3 is 6.03 Å². The summed E-state index contributed by atoms with van der Waals surface area (Å²) in [4.78, 5) is 15.3. The number of nitrogens with zero attached hydrogens (tertiary/aromatic N) is 1. The fourth-order valence-electron chi connectivity index (χ4n) is 1.95. The molecule has 0 aliphatic carbocycles. The van der Waals surface area contributed by atoms with Gasteiger partial charge in [-0.15, -0.1) is 11.3 Å². The van der Waals surface area contributed by atoms with Crippen LogP contribution in [0.4, 0.5) is 10.5 Å². The molecule has 21 heavy (non-hydrogen) atoms. The Morgan fingerprint density at radius 3 is 2.76 bits per heavy atom. The molecule has 1 aromatic heterocycles. The molecule has 2 N–H and O–H groups in total. The number of benzene rings is 1. The van der Waals surface area contributed by atoms with Gasteiger partial charge in [-0.25, -0.2) is 4.79 Å². The number of carbonyl (C=O) groups is 1. The van der Waals surface area contributed by atoms with E-state index in [2.05, 4.69) is 21.6 Å². The normalized spacial score (nSPS) is 12.2. The van der Waals surface area contributed by atoms with Gasteiger partial charge in [0, 0.05) is 22.1 Å².